The normalized spacial score (nSPS) is 13.9. The molecule has 0 aliphatic carbocycles. The molecule has 0 bridgehead atoms. The molecule has 0 rings (SSSR count). The molecule has 164 valence electrons. The Morgan fingerprint density at radius 2 is 0.704 bits per heavy atom. The Hall–Kier alpha value is -0.720. The molecule has 0 aromatic rings. The first-order valence-corrected chi connectivity index (χ1v) is 9.67. The number of halogens is 6. The van der Waals surface area contributed by atoms with Crippen LogP contribution < -0.4 is 0 Å². The second kappa shape index (κ2) is 11.3. The van der Waals surface area contributed by atoms with Crippen molar-refractivity contribution in [3.05, 3.63) is 0 Å². The molecular weight excluding hydrogens is 442 g/mol. The Labute approximate surface area is 150 Å². The highest BCUT2D eigenvalue weighted by molar-refractivity contribution is 7.87. The van der Waals surface area contributed by atoms with Crippen molar-refractivity contribution in [1.29, 1.82) is 0 Å². The molecule has 0 fully saturated rings. The van der Waals surface area contributed by atoms with E-state index in [1.165, 1.54) is 0 Å². The second-order valence-electron chi connectivity index (χ2n) is 4.28. The highest BCUT2D eigenvalue weighted by Crippen LogP contribution is 2.24. The Morgan fingerprint density at radius 3 is 0.926 bits per heavy atom. The van der Waals surface area contributed by atoms with Crippen molar-refractivity contribution in [3.63, 3.8) is 0 Å². The minimum atomic E-state index is -5.67. The maximum Gasteiger partial charge on any atom is 0.523 e. The summed E-state index contributed by atoms with van der Waals surface area (Å²) in [4.78, 5) is 0. The standard InChI is InChI=1S/C10H16F6O9S2/c11-9(12,13)26(17,18)24-7-5-22-3-1-21-2-4-23-6-8-25-27(19,20)10(14,15)16/h1-8H2. The highest BCUT2D eigenvalue weighted by Gasteiger charge is 2.47. The summed E-state index contributed by atoms with van der Waals surface area (Å²) in [5, 5.41) is 0. The molecule has 0 amide bonds. The van der Waals surface area contributed by atoms with E-state index in [2.05, 4.69) is 8.37 Å². The molecule has 9 nitrogen and oxygen atoms in total. The largest absolute Gasteiger partial charge is 0.523 e. The lowest BCUT2D eigenvalue weighted by atomic mass is 10.7. The van der Waals surface area contributed by atoms with Gasteiger partial charge in [0, 0.05) is 0 Å². The van der Waals surface area contributed by atoms with Gasteiger partial charge in [0.15, 0.2) is 0 Å². The lowest BCUT2D eigenvalue weighted by Crippen LogP contribution is -2.27. The molecule has 0 atom stereocenters. The molecular formula is C10H16F6O9S2. The SMILES string of the molecule is O=S(=O)(OCCOCCOCCOCCOS(=O)(=O)C(F)(F)F)C(F)(F)F. The van der Waals surface area contributed by atoms with E-state index in [-0.39, 0.29) is 26.4 Å². The molecule has 0 aromatic carbocycles. The van der Waals surface area contributed by atoms with E-state index in [0.717, 1.165) is 0 Å². The van der Waals surface area contributed by atoms with Crippen molar-refractivity contribution in [2.75, 3.05) is 52.9 Å². The van der Waals surface area contributed by atoms with Gasteiger partial charge >= 0.3 is 31.3 Å². The van der Waals surface area contributed by atoms with E-state index >= 15 is 0 Å². The van der Waals surface area contributed by atoms with E-state index in [4.69, 9.17) is 14.2 Å². The monoisotopic (exact) mass is 458 g/mol. The van der Waals surface area contributed by atoms with Crippen LogP contribution in [-0.4, -0.2) is 80.7 Å². The molecule has 0 saturated carbocycles. The fourth-order valence-corrected chi connectivity index (χ4v) is 1.92. The van der Waals surface area contributed by atoms with Crippen LogP contribution >= 0.6 is 0 Å². The molecule has 0 unspecified atom stereocenters. The predicted octanol–water partition coefficient (Wildman–Crippen LogP) is 0.769. The summed E-state index contributed by atoms with van der Waals surface area (Å²) in [6.07, 6.45) is 0. The molecule has 27 heavy (non-hydrogen) atoms. The zero-order valence-corrected chi connectivity index (χ0v) is 15.0. The van der Waals surface area contributed by atoms with Crippen LogP contribution in [0, 0.1) is 0 Å². The Kier molecular flexibility index (Phi) is 11.0. The van der Waals surface area contributed by atoms with Gasteiger partial charge in [0.25, 0.3) is 0 Å². The van der Waals surface area contributed by atoms with Gasteiger partial charge in [0.05, 0.1) is 52.9 Å². The van der Waals surface area contributed by atoms with Crippen molar-refractivity contribution in [3.8, 4) is 0 Å². The van der Waals surface area contributed by atoms with Crippen LogP contribution in [0.3, 0.4) is 0 Å². The lowest BCUT2D eigenvalue weighted by Gasteiger charge is -2.09. The van der Waals surface area contributed by atoms with E-state index in [0.29, 0.717) is 0 Å². The van der Waals surface area contributed by atoms with Crippen molar-refractivity contribution in [2.24, 2.45) is 0 Å². The number of rotatable bonds is 14. The van der Waals surface area contributed by atoms with Crippen molar-refractivity contribution in [2.45, 2.75) is 11.0 Å². The zero-order chi connectivity index (χ0) is 21.2. The summed E-state index contributed by atoms with van der Waals surface area (Å²) in [5.74, 6) is 0. The van der Waals surface area contributed by atoms with Crippen molar-refractivity contribution in [1.82, 2.24) is 0 Å². The average Bonchev–Trinajstić information content (AvgIpc) is 2.49. The summed E-state index contributed by atoms with van der Waals surface area (Å²) in [6, 6.07) is 0. The first-order valence-electron chi connectivity index (χ1n) is 6.85. The molecule has 0 saturated heterocycles. The molecule has 0 aliphatic rings. The fourth-order valence-electron chi connectivity index (χ4n) is 1.08. The third kappa shape index (κ3) is 11.0. The smallest absolute Gasteiger partial charge is 0.377 e. The summed E-state index contributed by atoms with van der Waals surface area (Å²) in [6.45, 7) is -2.88. The van der Waals surface area contributed by atoms with Crippen molar-refractivity contribution >= 4 is 20.2 Å². The van der Waals surface area contributed by atoms with Crippen LogP contribution in [0.2, 0.25) is 0 Å². The molecule has 0 spiro atoms. The molecule has 0 aromatic heterocycles. The topological polar surface area (TPSA) is 114 Å². The van der Waals surface area contributed by atoms with Gasteiger partial charge in [0.1, 0.15) is 0 Å². The van der Waals surface area contributed by atoms with Gasteiger partial charge < -0.3 is 14.2 Å². The molecule has 0 radical (unpaired) electrons. The Morgan fingerprint density at radius 1 is 0.481 bits per heavy atom. The first-order chi connectivity index (χ1) is 12.2. The third-order valence-electron chi connectivity index (χ3n) is 2.24. The fraction of sp³-hybridized carbons (Fsp3) is 1.00. The van der Waals surface area contributed by atoms with Gasteiger partial charge in [-0.15, -0.1) is 0 Å². The number of hydrogen-bond donors (Lipinski definition) is 0. The highest BCUT2D eigenvalue weighted by atomic mass is 32.2. The molecule has 0 heterocycles. The zero-order valence-electron chi connectivity index (χ0n) is 13.4. The number of hydrogen-bond acceptors (Lipinski definition) is 9. The van der Waals surface area contributed by atoms with Crippen molar-refractivity contribution < 1.29 is 65.8 Å². The van der Waals surface area contributed by atoms with E-state index in [9.17, 15) is 43.2 Å². The molecule has 0 aliphatic heterocycles. The summed E-state index contributed by atoms with van der Waals surface area (Å²) >= 11 is 0. The van der Waals surface area contributed by atoms with Gasteiger partial charge in [-0.25, -0.2) is 0 Å². The quantitative estimate of drug-likeness (QED) is 0.161. The van der Waals surface area contributed by atoms with Gasteiger partial charge in [-0.1, -0.05) is 0 Å². The van der Waals surface area contributed by atoms with Crippen LogP contribution in [-0.2, 0) is 42.8 Å². The Balaban J connectivity index is 3.52. The third-order valence-corrected chi connectivity index (χ3v) is 4.33. The number of alkyl halides is 6. The predicted molar refractivity (Wildman–Crippen MR) is 74.3 cm³/mol. The first kappa shape index (κ1) is 26.3. The van der Waals surface area contributed by atoms with Gasteiger partial charge in [-0.2, -0.15) is 43.2 Å². The lowest BCUT2D eigenvalue weighted by molar-refractivity contribution is -0.0562. The maximum atomic E-state index is 11.9. The molecule has 17 heteroatoms. The second-order valence-corrected chi connectivity index (χ2v) is 7.49. The summed E-state index contributed by atoms with van der Waals surface area (Å²) < 4.78 is 135. The van der Waals surface area contributed by atoms with E-state index in [1.54, 1.807) is 0 Å². The van der Waals surface area contributed by atoms with Crippen LogP contribution in [0.4, 0.5) is 26.3 Å². The molecule has 0 N–H and O–H groups in total. The minimum Gasteiger partial charge on any atom is -0.377 e. The van der Waals surface area contributed by atoms with Gasteiger partial charge in [-0.05, 0) is 0 Å². The summed E-state index contributed by atoms with van der Waals surface area (Å²) in [5.41, 5.74) is -11.0. The average molecular weight is 458 g/mol. The van der Waals surface area contributed by atoms with Crippen LogP contribution in [0.15, 0.2) is 0 Å². The van der Waals surface area contributed by atoms with Crippen LogP contribution in [0.1, 0.15) is 0 Å². The van der Waals surface area contributed by atoms with E-state index < -0.39 is 57.7 Å². The van der Waals surface area contributed by atoms with Gasteiger partial charge in [0.2, 0.25) is 0 Å². The summed E-state index contributed by atoms with van der Waals surface area (Å²) in [7, 11) is -11.3. The van der Waals surface area contributed by atoms with Gasteiger partial charge in [-0.3, -0.25) is 8.37 Å². The van der Waals surface area contributed by atoms with Crippen LogP contribution in [0.25, 0.3) is 0 Å². The van der Waals surface area contributed by atoms with E-state index in [1.807, 2.05) is 0 Å². The van der Waals surface area contributed by atoms with Crippen LogP contribution in [0.5, 0.6) is 0 Å². The number of ether oxygens (including phenoxy) is 3. The minimum absolute atomic E-state index is 0.0473. The Bertz CT molecular complexity index is 560. The maximum absolute atomic E-state index is 11.9.